The Kier molecular flexibility index (Phi) is 6.18. The second-order valence-electron chi connectivity index (χ2n) is 7.47. The molecule has 0 amide bonds. The minimum absolute atomic E-state index is 0.0844. The number of nitro benzene ring substituents is 1. The van der Waals surface area contributed by atoms with E-state index in [1.165, 1.54) is 6.07 Å². The first-order valence-corrected chi connectivity index (χ1v) is 8.44. The van der Waals surface area contributed by atoms with Gasteiger partial charge < -0.3 is 14.8 Å². The normalized spacial score (nSPS) is 21.5. The molecule has 0 spiro atoms. The van der Waals surface area contributed by atoms with E-state index in [1.54, 1.807) is 19.2 Å². The van der Waals surface area contributed by atoms with E-state index in [-0.39, 0.29) is 22.1 Å². The van der Waals surface area contributed by atoms with Crippen molar-refractivity contribution in [1.29, 1.82) is 0 Å². The van der Waals surface area contributed by atoms with Crippen molar-refractivity contribution in [2.75, 3.05) is 25.6 Å². The number of nitrogens with zero attached hydrogens (tertiary/aromatic N) is 1. The molecule has 1 N–H and O–H groups in total. The third-order valence-electron chi connectivity index (χ3n) is 4.45. The molecule has 1 aromatic carbocycles. The van der Waals surface area contributed by atoms with Crippen LogP contribution in [0.4, 0.5) is 11.4 Å². The number of nitro groups is 1. The zero-order chi connectivity index (χ0) is 17.7. The molecule has 2 unspecified atom stereocenters. The van der Waals surface area contributed by atoms with Crippen LogP contribution in [0.2, 0.25) is 0 Å². The standard InChI is InChI=1S/C18H28N2O4/c1-18(2,3)17-13(6-5-9-24-17)11-19-16-8-7-15(20(21)22)10-14(16)12-23-4/h7-8,10,13,17,19H,5-6,9,11-12H2,1-4H3. The first-order valence-electron chi connectivity index (χ1n) is 8.44. The van der Waals surface area contributed by atoms with Gasteiger partial charge in [0.1, 0.15) is 0 Å². The molecule has 0 aromatic heterocycles. The molecule has 6 heteroatoms. The molecule has 2 rings (SSSR count). The summed E-state index contributed by atoms with van der Waals surface area (Å²) in [6.45, 7) is 8.57. The van der Waals surface area contributed by atoms with Gasteiger partial charge in [-0.05, 0) is 24.3 Å². The Labute approximate surface area is 143 Å². The van der Waals surface area contributed by atoms with Gasteiger partial charge in [0, 0.05) is 49.6 Å². The number of methoxy groups -OCH3 is 1. The maximum Gasteiger partial charge on any atom is 0.269 e. The van der Waals surface area contributed by atoms with Crippen LogP contribution in [0.15, 0.2) is 18.2 Å². The quantitative estimate of drug-likeness (QED) is 0.628. The Morgan fingerprint density at radius 2 is 2.17 bits per heavy atom. The van der Waals surface area contributed by atoms with Crippen molar-refractivity contribution in [2.24, 2.45) is 11.3 Å². The predicted molar refractivity (Wildman–Crippen MR) is 94.2 cm³/mol. The number of rotatable bonds is 6. The highest BCUT2D eigenvalue weighted by Gasteiger charge is 2.35. The molecular weight excluding hydrogens is 308 g/mol. The lowest BCUT2D eigenvalue weighted by Crippen LogP contribution is -2.42. The van der Waals surface area contributed by atoms with Gasteiger partial charge in [0.05, 0.1) is 17.6 Å². The molecule has 24 heavy (non-hydrogen) atoms. The second kappa shape index (κ2) is 7.94. The first kappa shape index (κ1) is 18.7. The van der Waals surface area contributed by atoms with Crippen LogP contribution in [0.1, 0.15) is 39.2 Å². The summed E-state index contributed by atoms with van der Waals surface area (Å²) in [5, 5.41) is 14.4. The number of hydrogen-bond donors (Lipinski definition) is 1. The van der Waals surface area contributed by atoms with Crippen LogP contribution in [0, 0.1) is 21.4 Å². The van der Waals surface area contributed by atoms with Crippen molar-refractivity contribution in [3.63, 3.8) is 0 Å². The number of ether oxygens (including phenoxy) is 2. The summed E-state index contributed by atoms with van der Waals surface area (Å²) in [5.41, 5.74) is 1.87. The van der Waals surface area contributed by atoms with Gasteiger partial charge in [-0.25, -0.2) is 0 Å². The summed E-state index contributed by atoms with van der Waals surface area (Å²) in [6, 6.07) is 4.87. The summed E-state index contributed by atoms with van der Waals surface area (Å²) in [4.78, 5) is 10.6. The van der Waals surface area contributed by atoms with Crippen LogP contribution in [0.3, 0.4) is 0 Å². The third kappa shape index (κ3) is 4.68. The Morgan fingerprint density at radius 1 is 1.42 bits per heavy atom. The van der Waals surface area contributed by atoms with Crippen LogP contribution in [-0.2, 0) is 16.1 Å². The molecule has 1 heterocycles. The van der Waals surface area contributed by atoms with Gasteiger partial charge in [0.25, 0.3) is 5.69 Å². The molecule has 1 aromatic rings. The Morgan fingerprint density at radius 3 is 2.79 bits per heavy atom. The van der Waals surface area contributed by atoms with Crippen LogP contribution < -0.4 is 5.32 Å². The highest BCUT2D eigenvalue weighted by molar-refractivity contribution is 5.56. The fourth-order valence-corrected chi connectivity index (χ4v) is 3.39. The van der Waals surface area contributed by atoms with E-state index >= 15 is 0 Å². The van der Waals surface area contributed by atoms with Gasteiger partial charge in [0.15, 0.2) is 0 Å². The van der Waals surface area contributed by atoms with E-state index in [9.17, 15) is 10.1 Å². The first-order chi connectivity index (χ1) is 11.3. The zero-order valence-corrected chi connectivity index (χ0v) is 15.0. The van der Waals surface area contributed by atoms with E-state index in [0.717, 1.165) is 37.2 Å². The monoisotopic (exact) mass is 336 g/mol. The van der Waals surface area contributed by atoms with Crippen molar-refractivity contribution in [1.82, 2.24) is 0 Å². The Balaban J connectivity index is 2.11. The second-order valence-corrected chi connectivity index (χ2v) is 7.47. The molecule has 0 bridgehead atoms. The minimum atomic E-state index is -0.381. The minimum Gasteiger partial charge on any atom is -0.384 e. The van der Waals surface area contributed by atoms with Crippen LogP contribution in [0.5, 0.6) is 0 Å². The summed E-state index contributed by atoms with van der Waals surface area (Å²) in [6.07, 6.45) is 2.41. The number of hydrogen-bond acceptors (Lipinski definition) is 5. The average molecular weight is 336 g/mol. The van der Waals surface area contributed by atoms with Crippen molar-refractivity contribution in [3.05, 3.63) is 33.9 Å². The molecule has 1 fully saturated rings. The molecule has 0 aliphatic carbocycles. The highest BCUT2D eigenvalue weighted by atomic mass is 16.6. The fraction of sp³-hybridized carbons (Fsp3) is 0.667. The van der Waals surface area contributed by atoms with Crippen LogP contribution in [-0.4, -0.2) is 31.3 Å². The van der Waals surface area contributed by atoms with Gasteiger partial charge in [-0.2, -0.15) is 0 Å². The molecule has 1 saturated heterocycles. The molecule has 134 valence electrons. The van der Waals surface area contributed by atoms with E-state index in [0.29, 0.717) is 12.5 Å². The SMILES string of the molecule is COCc1cc([N+](=O)[O-])ccc1NCC1CCCOC1C(C)(C)C. The smallest absolute Gasteiger partial charge is 0.269 e. The highest BCUT2D eigenvalue weighted by Crippen LogP contribution is 2.34. The molecular formula is C18H28N2O4. The van der Waals surface area contributed by atoms with Gasteiger partial charge >= 0.3 is 0 Å². The number of anilines is 1. The van der Waals surface area contributed by atoms with E-state index in [1.807, 2.05) is 0 Å². The van der Waals surface area contributed by atoms with Crippen molar-refractivity contribution in [2.45, 2.75) is 46.3 Å². The number of nitrogens with one attached hydrogen (secondary N) is 1. The van der Waals surface area contributed by atoms with Crippen molar-refractivity contribution < 1.29 is 14.4 Å². The molecule has 0 radical (unpaired) electrons. The maximum atomic E-state index is 11.0. The summed E-state index contributed by atoms with van der Waals surface area (Å²) in [7, 11) is 1.59. The number of non-ortho nitro benzene ring substituents is 1. The van der Waals surface area contributed by atoms with E-state index in [4.69, 9.17) is 9.47 Å². The van der Waals surface area contributed by atoms with Crippen molar-refractivity contribution >= 4 is 11.4 Å². The third-order valence-corrected chi connectivity index (χ3v) is 4.45. The molecule has 1 aliphatic rings. The molecule has 6 nitrogen and oxygen atoms in total. The van der Waals surface area contributed by atoms with Gasteiger partial charge in [0.2, 0.25) is 0 Å². The van der Waals surface area contributed by atoms with Gasteiger partial charge in [-0.3, -0.25) is 10.1 Å². The Bertz CT molecular complexity index is 569. The summed E-state index contributed by atoms with van der Waals surface area (Å²) in [5.74, 6) is 0.421. The van der Waals surface area contributed by atoms with Crippen LogP contribution in [0.25, 0.3) is 0 Å². The van der Waals surface area contributed by atoms with Crippen LogP contribution >= 0.6 is 0 Å². The van der Waals surface area contributed by atoms with Gasteiger partial charge in [-0.15, -0.1) is 0 Å². The molecule has 1 aliphatic heterocycles. The maximum absolute atomic E-state index is 11.0. The predicted octanol–water partition coefficient (Wildman–Crippen LogP) is 3.99. The molecule has 0 saturated carbocycles. The lowest BCUT2D eigenvalue weighted by molar-refractivity contribution is -0.384. The topological polar surface area (TPSA) is 73.6 Å². The van der Waals surface area contributed by atoms with E-state index < -0.39 is 0 Å². The van der Waals surface area contributed by atoms with Crippen molar-refractivity contribution in [3.8, 4) is 0 Å². The Hall–Kier alpha value is -1.66. The molecule has 2 atom stereocenters. The summed E-state index contributed by atoms with van der Waals surface area (Å²) < 4.78 is 11.2. The largest absolute Gasteiger partial charge is 0.384 e. The van der Waals surface area contributed by atoms with Gasteiger partial charge in [-0.1, -0.05) is 20.8 Å². The lowest BCUT2D eigenvalue weighted by Gasteiger charge is -2.40. The summed E-state index contributed by atoms with van der Waals surface area (Å²) >= 11 is 0. The lowest BCUT2D eigenvalue weighted by atomic mass is 9.78. The average Bonchev–Trinajstić information content (AvgIpc) is 2.53. The van der Waals surface area contributed by atoms with E-state index in [2.05, 4.69) is 26.1 Å². The zero-order valence-electron chi connectivity index (χ0n) is 15.0. The fourth-order valence-electron chi connectivity index (χ4n) is 3.39. The number of benzene rings is 1.